The van der Waals surface area contributed by atoms with Gasteiger partial charge in [-0.3, -0.25) is 0 Å². The van der Waals surface area contributed by atoms with Gasteiger partial charge in [0.2, 0.25) is 0 Å². The van der Waals surface area contributed by atoms with Crippen LogP contribution in [0.25, 0.3) is 0 Å². The van der Waals surface area contributed by atoms with E-state index in [0.29, 0.717) is 6.04 Å². The molecule has 1 aliphatic carbocycles. The molecule has 1 aliphatic heterocycles. The molecule has 1 saturated heterocycles. The Labute approximate surface area is 141 Å². The fraction of sp³-hybridized carbons (Fsp3) is 0.500. The maximum atomic E-state index is 12.7. The first-order valence-electron chi connectivity index (χ1n) is 8.85. The zero-order valence-electron chi connectivity index (χ0n) is 13.8. The number of urea groups is 1. The molecular weight excluding hydrogens is 302 g/mol. The number of nitrogens with one attached hydrogen (secondary N) is 1. The van der Waals surface area contributed by atoms with Gasteiger partial charge in [-0.15, -0.1) is 10.2 Å². The second-order valence-corrected chi connectivity index (χ2v) is 6.68. The third kappa shape index (κ3) is 2.88. The predicted octanol–water partition coefficient (Wildman–Crippen LogP) is 3.76. The number of para-hydroxylation sites is 1. The average molecular weight is 325 g/mol. The molecule has 126 valence electrons. The van der Waals surface area contributed by atoms with Crippen LogP contribution in [0, 0.1) is 0 Å². The second kappa shape index (κ2) is 6.63. The van der Waals surface area contributed by atoms with E-state index < -0.39 is 0 Å². The molecule has 1 atom stereocenters. The highest BCUT2D eigenvalue weighted by molar-refractivity contribution is 5.89. The molecule has 1 aromatic carbocycles. The molecule has 6 nitrogen and oxygen atoms in total. The Morgan fingerprint density at radius 2 is 1.88 bits per heavy atom. The van der Waals surface area contributed by atoms with E-state index in [1.54, 1.807) is 0 Å². The Bertz CT molecular complexity index is 692. The number of hydrogen-bond donors (Lipinski definition) is 1. The normalized spacial score (nSPS) is 21.3. The highest BCUT2D eigenvalue weighted by Gasteiger charge is 2.34. The molecular formula is C18H23N5O. The summed E-state index contributed by atoms with van der Waals surface area (Å²) in [6.07, 6.45) is 8.72. The monoisotopic (exact) mass is 325 g/mol. The highest BCUT2D eigenvalue weighted by atomic mass is 16.2. The molecule has 1 saturated carbocycles. The first kappa shape index (κ1) is 15.2. The molecule has 2 fully saturated rings. The molecule has 24 heavy (non-hydrogen) atoms. The number of nitrogens with zero attached hydrogens (tertiary/aromatic N) is 4. The predicted molar refractivity (Wildman–Crippen MR) is 91.7 cm³/mol. The Hall–Kier alpha value is -2.37. The lowest BCUT2D eigenvalue weighted by molar-refractivity contribution is 0.203. The van der Waals surface area contributed by atoms with E-state index in [1.807, 2.05) is 41.6 Å². The third-order valence-electron chi connectivity index (χ3n) is 5.16. The Kier molecular flexibility index (Phi) is 4.19. The van der Waals surface area contributed by atoms with Gasteiger partial charge < -0.3 is 14.8 Å². The lowest BCUT2D eigenvalue weighted by Gasteiger charge is -2.26. The summed E-state index contributed by atoms with van der Waals surface area (Å²) in [6, 6.07) is 10.1. The van der Waals surface area contributed by atoms with Crippen molar-refractivity contribution in [3.63, 3.8) is 0 Å². The molecule has 1 aromatic heterocycles. The van der Waals surface area contributed by atoms with Crippen LogP contribution in [-0.2, 0) is 0 Å². The summed E-state index contributed by atoms with van der Waals surface area (Å²) in [5, 5.41) is 11.5. The van der Waals surface area contributed by atoms with Gasteiger partial charge in [0.25, 0.3) is 0 Å². The van der Waals surface area contributed by atoms with Crippen LogP contribution in [0.15, 0.2) is 36.7 Å². The van der Waals surface area contributed by atoms with Crippen LogP contribution >= 0.6 is 0 Å². The van der Waals surface area contributed by atoms with Crippen molar-refractivity contribution in [1.29, 1.82) is 0 Å². The zero-order valence-corrected chi connectivity index (χ0v) is 13.8. The number of likely N-dealkylation sites (tertiary alicyclic amines) is 1. The van der Waals surface area contributed by atoms with Crippen LogP contribution in [0.2, 0.25) is 0 Å². The van der Waals surface area contributed by atoms with Gasteiger partial charge in [-0.05, 0) is 37.8 Å². The lowest BCUT2D eigenvalue weighted by Crippen LogP contribution is -2.35. The van der Waals surface area contributed by atoms with Gasteiger partial charge in [-0.2, -0.15) is 0 Å². The van der Waals surface area contributed by atoms with Crippen LogP contribution in [-0.4, -0.2) is 32.2 Å². The number of rotatable bonds is 3. The van der Waals surface area contributed by atoms with Gasteiger partial charge in [0.1, 0.15) is 6.33 Å². The molecule has 2 aliphatic rings. The van der Waals surface area contributed by atoms with Gasteiger partial charge in [0, 0.05) is 18.3 Å². The van der Waals surface area contributed by atoms with E-state index in [0.717, 1.165) is 30.9 Å². The Morgan fingerprint density at radius 1 is 1.08 bits per heavy atom. The van der Waals surface area contributed by atoms with Crippen LogP contribution in [0.4, 0.5) is 10.5 Å². The van der Waals surface area contributed by atoms with E-state index in [-0.39, 0.29) is 12.1 Å². The summed E-state index contributed by atoms with van der Waals surface area (Å²) < 4.78 is 2.21. The van der Waals surface area contributed by atoms with Gasteiger partial charge >= 0.3 is 6.03 Å². The molecule has 2 amide bonds. The van der Waals surface area contributed by atoms with Crippen LogP contribution in [0.3, 0.4) is 0 Å². The minimum atomic E-state index is -0.0512. The van der Waals surface area contributed by atoms with E-state index in [9.17, 15) is 4.79 Å². The molecule has 2 aromatic rings. The first-order valence-corrected chi connectivity index (χ1v) is 8.85. The smallest absolute Gasteiger partial charge is 0.314 e. The topological polar surface area (TPSA) is 63.1 Å². The number of amides is 2. The molecule has 1 unspecified atom stereocenters. The maximum Gasteiger partial charge on any atom is 0.322 e. The van der Waals surface area contributed by atoms with Crippen molar-refractivity contribution in [3.05, 3.63) is 42.5 Å². The summed E-state index contributed by atoms with van der Waals surface area (Å²) in [5.41, 5.74) is 0.824. The van der Waals surface area contributed by atoms with Gasteiger partial charge in [0.05, 0.1) is 6.04 Å². The average Bonchev–Trinajstić information content (AvgIpc) is 3.34. The minimum Gasteiger partial charge on any atom is -0.314 e. The number of hydrogen-bond acceptors (Lipinski definition) is 3. The number of carbonyl (C=O) groups excluding carboxylic acids is 1. The molecule has 0 bridgehead atoms. The largest absolute Gasteiger partial charge is 0.322 e. The van der Waals surface area contributed by atoms with Gasteiger partial charge in [-0.1, -0.05) is 31.0 Å². The van der Waals surface area contributed by atoms with Crippen LogP contribution in [0.1, 0.15) is 56.4 Å². The van der Waals surface area contributed by atoms with Crippen LogP contribution in [0.5, 0.6) is 0 Å². The quantitative estimate of drug-likeness (QED) is 0.934. The number of benzene rings is 1. The molecule has 1 N–H and O–H groups in total. The second-order valence-electron chi connectivity index (χ2n) is 6.68. The van der Waals surface area contributed by atoms with Crippen molar-refractivity contribution in [1.82, 2.24) is 19.7 Å². The highest BCUT2D eigenvalue weighted by Crippen LogP contribution is 2.36. The Morgan fingerprint density at radius 3 is 2.67 bits per heavy atom. The van der Waals surface area contributed by atoms with Crippen molar-refractivity contribution >= 4 is 11.7 Å². The molecule has 0 spiro atoms. The van der Waals surface area contributed by atoms with E-state index in [1.165, 1.54) is 25.7 Å². The number of carbonyl (C=O) groups is 1. The fourth-order valence-electron chi connectivity index (χ4n) is 3.95. The van der Waals surface area contributed by atoms with Crippen molar-refractivity contribution in [3.8, 4) is 0 Å². The van der Waals surface area contributed by atoms with Crippen molar-refractivity contribution < 1.29 is 4.79 Å². The summed E-state index contributed by atoms with van der Waals surface area (Å²) in [7, 11) is 0. The van der Waals surface area contributed by atoms with Gasteiger partial charge in [0.15, 0.2) is 5.82 Å². The summed E-state index contributed by atoms with van der Waals surface area (Å²) >= 11 is 0. The number of aromatic nitrogens is 3. The Balaban J connectivity index is 1.53. The summed E-state index contributed by atoms with van der Waals surface area (Å²) in [6.45, 7) is 0.765. The van der Waals surface area contributed by atoms with Crippen molar-refractivity contribution in [2.75, 3.05) is 11.9 Å². The first-order chi connectivity index (χ1) is 11.8. The van der Waals surface area contributed by atoms with E-state index in [2.05, 4.69) is 20.1 Å². The summed E-state index contributed by atoms with van der Waals surface area (Å²) in [5.74, 6) is 0.947. The molecule has 2 heterocycles. The van der Waals surface area contributed by atoms with Gasteiger partial charge in [-0.25, -0.2) is 4.79 Å². The van der Waals surface area contributed by atoms with E-state index >= 15 is 0 Å². The fourth-order valence-corrected chi connectivity index (χ4v) is 3.95. The van der Waals surface area contributed by atoms with Crippen LogP contribution < -0.4 is 5.32 Å². The standard InChI is InChI=1S/C18H23N5O/c24-18(20-14-7-2-1-3-8-14)22-12-6-11-16(22)17-21-19-13-23(17)15-9-4-5-10-15/h1-3,7-8,13,15-16H,4-6,9-12H2,(H,20,24). The SMILES string of the molecule is O=C(Nc1ccccc1)N1CCCC1c1nncn1C1CCCC1. The zero-order chi connectivity index (χ0) is 16.4. The molecule has 4 rings (SSSR count). The summed E-state index contributed by atoms with van der Waals surface area (Å²) in [4.78, 5) is 14.6. The number of anilines is 1. The third-order valence-corrected chi connectivity index (χ3v) is 5.16. The maximum absolute atomic E-state index is 12.7. The minimum absolute atomic E-state index is 0.0248. The molecule has 6 heteroatoms. The molecule has 0 radical (unpaired) electrons. The lowest BCUT2D eigenvalue weighted by atomic mass is 10.2. The van der Waals surface area contributed by atoms with E-state index in [4.69, 9.17) is 0 Å². The van der Waals surface area contributed by atoms with Crippen molar-refractivity contribution in [2.45, 2.75) is 50.6 Å². The van der Waals surface area contributed by atoms with Crippen molar-refractivity contribution in [2.24, 2.45) is 0 Å².